The molecule has 106 valence electrons. The molecule has 0 aliphatic heterocycles. The molecule has 0 bridgehead atoms. The van der Waals surface area contributed by atoms with Crippen molar-refractivity contribution in [3.05, 3.63) is 54.1 Å². The van der Waals surface area contributed by atoms with Crippen LogP contribution in [-0.2, 0) is 0 Å². The predicted octanol–water partition coefficient (Wildman–Crippen LogP) is 3.99. The minimum atomic E-state index is 0.281. The van der Waals surface area contributed by atoms with E-state index in [4.69, 9.17) is 4.74 Å². The van der Waals surface area contributed by atoms with Crippen molar-refractivity contribution in [3.8, 4) is 11.5 Å². The second-order valence-corrected chi connectivity index (χ2v) is 4.82. The maximum absolute atomic E-state index is 9.40. The van der Waals surface area contributed by atoms with Crippen molar-refractivity contribution >= 4 is 5.69 Å². The van der Waals surface area contributed by atoms with Crippen LogP contribution in [0.25, 0.3) is 0 Å². The summed E-state index contributed by atoms with van der Waals surface area (Å²) >= 11 is 0. The summed E-state index contributed by atoms with van der Waals surface area (Å²) in [6, 6.07) is 15.8. The monoisotopic (exact) mass is 271 g/mol. The Hall–Kier alpha value is -2.16. The molecular weight excluding hydrogens is 250 g/mol. The van der Waals surface area contributed by atoms with Gasteiger partial charge in [-0.15, -0.1) is 0 Å². The van der Waals surface area contributed by atoms with Crippen molar-refractivity contribution in [2.24, 2.45) is 0 Å². The first kappa shape index (κ1) is 14.3. The van der Waals surface area contributed by atoms with Gasteiger partial charge in [0.1, 0.15) is 11.5 Å². The van der Waals surface area contributed by atoms with Crippen LogP contribution in [-0.4, -0.2) is 19.3 Å². The van der Waals surface area contributed by atoms with E-state index in [1.165, 1.54) is 5.56 Å². The van der Waals surface area contributed by atoms with Gasteiger partial charge in [-0.3, -0.25) is 0 Å². The molecule has 0 amide bonds. The summed E-state index contributed by atoms with van der Waals surface area (Å²) in [6.07, 6.45) is 0.993. The minimum absolute atomic E-state index is 0.281. The summed E-state index contributed by atoms with van der Waals surface area (Å²) in [5.74, 6) is 1.16. The number of rotatable bonds is 5. The van der Waals surface area contributed by atoms with Crippen molar-refractivity contribution in [1.82, 2.24) is 0 Å². The molecule has 20 heavy (non-hydrogen) atoms. The van der Waals surface area contributed by atoms with Gasteiger partial charge in [0.05, 0.1) is 13.2 Å². The van der Waals surface area contributed by atoms with Crippen molar-refractivity contribution in [2.45, 2.75) is 19.4 Å². The molecule has 2 aromatic carbocycles. The van der Waals surface area contributed by atoms with Gasteiger partial charge in [-0.25, -0.2) is 0 Å². The summed E-state index contributed by atoms with van der Waals surface area (Å²) < 4.78 is 5.19. The number of ether oxygens (including phenoxy) is 1. The van der Waals surface area contributed by atoms with Crippen LogP contribution in [0.2, 0.25) is 0 Å². The molecule has 3 heteroatoms. The van der Waals surface area contributed by atoms with E-state index in [0.717, 1.165) is 17.9 Å². The fourth-order valence-electron chi connectivity index (χ4n) is 2.43. The van der Waals surface area contributed by atoms with E-state index in [2.05, 4.69) is 31.0 Å². The number of hydrogen-bond donors (Lipinski definition) is 1. The van der Waals surface area contributed by atoms with Gasteiger partial charge in [-0.2, -0.15) is 0 Å². The fraction of sp³-hybridized carbons (Fsp3) is 0.294. The highest BCUT2D eigenvalue weighted by molar-refractivity contribution is 5.50. The Morgan fingerprint density at radius 2 is 1.65 bits per heavy atom. The molecule has 2 aromatic rings. The van der Waals surface area contributed by atoms with Gasteiger partial charge in [-0.05, 0) is 48.4 Å². The average Bonchev–Trinajstić information content (AvgIpc) is 2.50. The molecule has 0 aromatic heterocycles. The minimum Gasteiger partial charge on any atom is -0.508 e. The maximum atomic E-state index is 9.40. The molecule has 0 radical (unpaired) electrons. The van der Waals surface area contributed by atoms with Gasteiger partial charge >= 0.3 is 0 Å². The lowest BCUT2D eigenvalue weighted by Gasteiger charge is -2.30. The summed E-state index contributed by atoms with van der Waals surface area (Å²) in [5, 5.41) is 9.40. The fourth-order valence-corrected chi connectivity index (χ4v) is 2.43. The number of hydrogen-bond acceptors (Lipinski definition) is 3. The zero-order valence-corrected chi connectivity index (χ0v) is 12.2. The van der Waals surface area contributed by atoms with Crippen LogP contribution in [0.15, 0.2) is 48.5 Å². The van der Waals surface area contributed by atoms with Crippen LogP contribution >= 0.6 is 0 Å². The highest BCUT2D eigenvalue weighted by Crippen LogP contribution is 2.30. The van der Waals surface area contributed by atoms with E-state index >= 15 is 0 Å². The zero-order chi connectivity index (χ0) is 14.5. The summed E-state index contributed by atoms with van der Waals surface area (Å²) in [4.78, 5) is 2.24. The van der Waals surface area contributed by atoms with Crippen molar-refractivity contribution in [1.29, 1.82) is 0 Å². The van der Waals surface area contributed by atoms with Gasteiger partial charge in [0.2, 0.25) is 0 Å². The second-order valence-electron chi connectivity index (χ2n) is 4.82. The second kappa shape index (κ2) is 6.33. The molecule has 0 aliphatic rings. The molecule has 3 nitrogen and oxygen atoms in total. The van der Waals surface area contributed by atoms with Crippen LogP contribution in [0, 0.1) is 0 Å². The first-order chi connectivity index (χ1) is 9.65. The molecular formula is C17H21NO2. The van der Waals surface area contributed by atoms with Gasteiger partial charge in [-0.1, -0.05) is 19.1 Å². The number of benzene rings is 2. The third-order valence-corrected chi connectivity index (χ3v) is 3.61. The lowest BCUT2D eigenvalue weighted by molar-refractivity contribution is 0.415. The first-order valence-corrected chi connectivity index (χ1v) is 6.81. The van der Waals surface area contributed by atoms with Gasteiger partial charge in [0.15, 0.2) is 0 Å². The average molecular weight is 271 g/mol. The quantitative estimate of drug-likeness (QED) is 0.892. The number of phenolic OH excluding ortho intramolecular Hbond substituents is 1. The number of nitrogens with zero attached hydrogens (tertiary/aromatic N) is 1. The third kappa shape index (κ3) is 3.05. The summed E-state index contributed by atoms with van der Waals surface area (Å²) in [7, 11) is 3.76. The molecule has 1 unspecified atom stereocenters. The molecule has 1 N–H and O–H groups in total. The molecule has 0 fully saturated rings. The number of phenols is 1. The van der Waals surface area contributed by atoms with Gasteiger partial charge in [0, 0.05) is 12.7 Å². The number of aromatic hydroxyl groups is 1. The van der Waals surface area contributed by atoms with E-state index in [-0.39, 0.29) is 6.04 Å². The molecule has 0 spiro atoms. The molecule has 2 rings (SSSR count). The molecule has 0 saturated heterocycles. The zero-order valence-electron chi connectivity index (χ0n) is 12.2. The Morgan fingerprint density at radius 3 is 2.15 bits per heavy atom. The van der Waals surface area contributed by atoms with Crippen molar-refractivity contribution in [2.75, 3.05) is 19.1 Å². The number of methoxy groups -OCH3 is 1. The topological polar surface area (TPSA) is 32.7 Å². The third-order valence-electron chi connectivity index (χ3n) is 3.61. The molecule has 0 aliphatic carbocycles. The first-order valence-electron chi connectivity index (χ1n) is 6.81. The van der Waals surface area contributed by atoms with Crippen LogP contribution in [0.4, 0.5) is 5.69 Å². The largest absolute Gasteiger partial charge is 0.508 e. The van der Waals surface area contributed by atoms with Gasteiger partial charge in [0.25, 0.3) is 0 Å². The van der Waals surface area contributed by atoms with Gasteiger partial charge < -0.3 is 14.7 Å². The summed E-state index contributed by atoms with van der Waals surface area (Å²) in [5.41, 5.74) is 2.34. The highest BCUT2D eigenvalue weighted by atomic mass is 16.5. The van der Waals surface area contributed by atoms with Crippen molar-refractivity contribution in [3.63, 3.8) is 0 Å². The lowest BCUT2D eigenvalue weighted by Crippen LogP contribution is -2.23. The molecule has 0 saturated carbocycles. The Kier molecular flexibility index (Phi) is 4.51. The van der Waals surface area contributed by atoms with E-state index in [1.54, 1.807) is 19.2 Å². The molecule has 1 atom stereocenters. The van der Waals surface area contributed by atoms with Crippen LogP contribution in [0.3, 0.4) is 0 Å². The van der Waals surface area contributed by atoms with Crippen LogP contribution < -0.4 is 9.64 Å². The highest BCUT2D eigenvalue weighted by Gasteiger charge is 2.15. The van der Waals surface area contributed by atoms with E-state index in [9.17, 15) is 5.11 Å². The smallest absolute Gasteiger partial charge is 0.119 e. The molecule has 0 heterocycles. The SMILES string of the molecule is CCC(c1ccc(O)cc1)N(C)c1ccc(OC)cc1. The van der Waals surface area contributed by atoms with E-state index in [1.807, 2.05) is 24.3 Å². The maximum Gasteiger partial charge on any atom is 0.119 e. The van der Waals surface area contributed by atoms with Crippen LogP contribution in [0.5, 0.6) is 11.5 Å². The van der Waals surface area contributed by atoms with E-state index in [0.29, 0.717) is 5.75 Å². The summed E-state index contributed by atoms with van der Waals surface area (Å²) in [6.45, 7) is 2.16. The van der Waals surface area contributed by atoms with E-state index < -0.39 is 0 Å². The Morgan fingerprint density at radius 1 is 1.05 bits per heavy atom. The Balaban J connectivity index is 2.23. The van der Waals surface area contributed by atoms with Crippen molar-refractivity contribution < 1.29 is 9.84 Å². The standard InChI is InChI=1S/C17H21NO2/c1-4-17(13-5-9-15(19)10-6-13)18(2)14-7-11-16(20-3)12-8-14/h5-12,17,19H,4H2,1-3H3. The lowest BCUT2D eigenvalue weighted by atomic mass is 10.0. The normalized spacial score (nSPS) is 11.9. The Bertz CT molecular complexity index is 534. The Labute approximate surface area is 120 Å². The van der Waals surface area contributed by atoms with Crippen LogP contribution in [0.1, 0.15) is 24.9 Å². The number of anilines is 1. The predicted molar refractivity (Wildman–Crippen MR) is 82.5 cm³/mol.